The number of fused-ring (bicyclic) bond motifs is 2. The van der Waals surface area contributed by atoms with Gasteiger partial charge in [-0.15, -0.1) is 0 Å². The van der Waals surface area contributed by atoms with Crippen LogP contribution in [0.2, 0.25) is 0 Å². The van der Waals surface area contributed by atoms with Crippen LogP contribution >= 0.6 is 0 Å². The van der Waals surface area contributed by atoms with Crippen LogP contribution in [0.25, 0.3) is 17.0 Å². The topological polar surface area (TPSA) is 56.2 Å². The molecule has 1 aliphatic carbocycles. The van der Waals surface area contributed by atoms with Gasteiger partial charge in [-0.25, -0.2) is 4.68 Å². The molecule has 2 unspecified atom stereocenters. The maximum Gasteiger partial charge on any atom is 0.244 e. The van der Waals surface area contributed by atoms with E-state index in [2.05, 4.69) is 47.7 Å². The van der Waals surface area contributed by atoms with Crippen LogP contribution in [-0.4, -0.2) is 22.3 Å². The monoisotopic (exact) mass is 401 g/mol. The molecule has 1 fully saturated rings. The van der Waals surface area contributed by atoms with Gasteiger partial charge in [-0.05, 0) is 73.4 Å². The Hall–Kier alpha value is -2.92. The van der Waals surface area contributed by atoms with Gasteiger partial charge < -0.3 is 10.1 Å². The zero-order valence-electron chi connectivity index (χ0n) is 17.3. The lowest BCUT2D eigenvalue weighted by atomic mass is 10.0. The van der Waals surface area contributed by atoms with Crippen molar-refractivity contribution in [3.8, 4) is 0 Å². The highest BCUT2D eigenvalue weighted by Gasteiger charge is 2.24. The van der Waals surface area contributed by atoms with Crippen LogP contribution in [0.15, 0.2) is 48.7 Å². The molecule has 5 nitrogen and oxygen atoms in total. The zero-order valence-corrected chi connectivity index (χ0v) is 17.3. The molecule has 154 valence electrons. The first-order chi connectivity index (χ1) is 14.7. The second kappa shape index (κ2) is 8.07. The van der Waals surface area contributed by atoms with Gasteiger partial charge in [-0.2, -0.15) is 5.10 Å². The fourth-order valence-corrected chi connectivity index (χ4v) is 4.74. The Kier molecular flexibility index (Phi) is 5.13. The number of aromatic nitrogens is 2. The average Bonchev–Trinajstić information content (AvgIpc) is 3.37. The van der Waals surface area contributed by atoms with Crippen LogP contribution in [0.1, 0.15) is 60.2 Å². The van der Waals surface area contributed by atoms with Crippen molar-refractivity contribution < 1.29 is 9.53 Å². The first-order valence-corrected chi connectivity index (χ1v) is 10.8. The molecular formula is C25H27N3O2. The van der Waals surface area contributed by atoms with Gasteiger partial charge in [0.2, 0.25) is 5.91 Å². The van der Waals surface area contributed by atoms with Crippen molar-refractivity contribution >= 4 is 22.9 Å². The molecule has 1 N–H and O–H groups in total. The van der Waals surface area contributed by atoms with Crippen molar-refractivity contribution in [2.75, 3.05) is 6.61 Å². The average molecular weight is 402 g/mol. The molecule has 2 aliphatic rings. The minimum absolute atomic E-state index is 0.00412. The Morgan fingerprint density at radius 1 is 1.23 bits per heavy atom. The van der Waals surface area contributed by atoms with Crippen LogP contribution < -0.4 is 5.32 Å². The molecule has 30 heavy (non-hydrogen) atoms. The van der Waals surface area contributed by atoms with Crippen molar-refractivity contribution in [3.05, 3.63) is 70.9 Å². The predicted octanol–water partition coefficient (Wildman–Crippen LogP) is 4.86. The number of nitrogens with zero attached hydrogens (tertiary/aromatic N) is 2. The number of carbonyl (C=O) groups is 1. The number of amides is 1. The lowest BCUT2D eigenvalue weighted by Gasteiger charge is -2.23. The lowest BCUT2D eigenvalue weighted by Crippen LogP contribution is -2.25. The van der Waals surface area contributed by atoms with Crippen LogP contribution in [-0.2, 0) is 16.0 Å². The van der Waals surface area contributed by atoms with Crippen LogP contribution in [0.5, 0.6) is 0 Å². The molecule has 0 spiro atoms. The zero-order chi connectivity index (χ0) is 20.5. The molecule has 3 aromatic rings. The molecule has 5 rings (SSSR count). The quantitative estimate of drug-likeness (QED) is 0.635. The minimum atomic E-state index is -0.0553. The molecule has 1 saturated heterocycles. The summed E-state index contributed by atoms with van der Waals surface area (Å²) in [6.45, 7) is 2.91. The highest BCUT2D eigenvalue weighted by Crippen LogP contribution is 2.33. The second-order valence-corrected chi connectivity index (χ2v) is 8.31. The van der Waals surface area contributed by atoms with Crippen LogP contribution in [0, 0.1) is 6.92 Å². The number of carbonyl (C=O) groups excluding carboxylic acids is 1. The summed E-state index contributed by atoms with van der Waals surface area (Å²) >= 11 is 0. The third kappa shape index (κ3) is 3.65. The van der Waals surface area contributed by atoms with E-state index in [1.807, 2.05) is 23.0 Å². The van der Waals surface area contributed by atoms with E-state index in [-0.39, 0.29) is 18.2 Å². The summed E-state index contributed by atoms with van der Waals surface area (Å²) in [6.07, 6.45) is 10.6. The number of ether oxygens (including phenoxy) is 1. The van der Waals surface area contributed by atoms with E-state index in [0.717, 1.165) is 55.2 Å². The molecule has 1 aliphatic heterocycles. The number of hydrogen-bond donors (Lipinski definition) is 1. The van der Waals surface area contributed by atoms with Gasteiger partial charge in [0, 0.05) is 18.1 Å². The van der Waals surface area contributed by atoms with E-state index in [1.165, 1.54) is 16.7 Å². The largest absolute Gasteiger partial charge is 0.356 e. The molecule has 0 bridgehead atoms. The fourth-order valence-electron chi connectivity index (χ4n) is 4.74. The second-order valence-electron chi connectivity index (χ2n) is 8.31. The molecule has 5 heteroatoms. The summed E-state index contributed by atoms with van der Waals surface area (Å²) in [7, 11) is 0. The summed E-state index contributed by atoms with van der Waals surface area (Å²) < 4.78 is 7.88. The van der Waals surface area contributed by atoms with Crippen molar-refractivity contribution in [1.29, 1.82) is 0 Å². The Balaban J connectivity index is 1.31. The Bertz CT molecular complexity index is 1110. The third-order valence-electron chi connectivity index (χ3n) is 6.26. The van der Waals surface area contributed by atoms with E-state index in [9.17, 15) is 4.79 Å². The first-order valence-electron chi connectivity index (χ1n) is 10.8. The van der Waals surface area contributed by atoms with Crippen molar-refractivity contribution in [2.24, 2.45) is 0 Å². The van der Waals surface area contributed by atoms with Gasteiger partial charge in [0.15, 0.2) is 6.23 Å². The number of rotatable bonds is 4. The predicted molar refractivity (Wildman–Crippen MR) is 118 cm³/mol. The minimum Gasteiger partial charge on any atom is -0.356 e. The molecule has 0 saturated carbocycles. The van der Waals surface area contributed by atoms with Gasteiger partial charge >= 0.3 is 0 Å². The van der Waals surface area contributed by atoms with E-state index >= 15 is 0 Å². The van der Waals surface area contributed by atoms with E-state index < -0.39 is 0 Å². The molecule has 2 atom stereocenters. The lowest BCUT2D eigenvalue weighted by molar-refractivity contribution is -0.117. The fraction of sp³-hybridized carbons (Fsp3) is 0.360. The summed E-state index contributed by atoms with van der Waals surface area (Å²) in [6, 6.07) is 12.6. The Morgan fingerprint density at radius 2 is 2.17 bits per heavy atom. The highest BCUT2D eigenvalue weighted by atomic mass is 16.5. The summed E-state index contributed by atoms with van der Waals surface area (Å²) in [4.78, 5) is 12.6. The van der Waals surface area contributed by atoms with Crippen LogP contribution in [0.4, 0.5) is 0 Å². The number of nitrogens with one attached hydrogen (secondary N) is 1. The van der Waals surface area contributed by atoms with Gasteiger partial charge in [0.25, 0.3) is 0 Å². The van der Waals surface area contributed by atoms with E-state index in [0.29, 0.717) is 0 Å². The van der Waals surface area contributed by atoms with Gasteiger partial charge in [-0.3, -0.25) is 4.79 Å². The molecular weight excluding hydrogens is 374 g/mol. The van der Waals surface area contributed by atoms with Crippen molar-refractivity contribution in [3.63, 3.8) is 0 Å². The molecule has 1 aromatic heterocycles. The number of hydrogen-bond acceptors (Lipinski definition) is 3. The first kappa shape index (κ1) is 19.1. The summed E-state index contributed by atoms with van der Waals surface area (Å²) in [5.74, 6) is -0.0553. The van der Waals surface area contributed by atoms with Crippen molar-refractivity contribution in [2.45, 2.75) is 51.3 Å². The van der Waals surface area contributed by atoms with Crippen molar-refractivity contribution in [1.82, 2.24) is 15.1 Å². The summed E-state index contributed by atoms with van der Waals surface area (Å²) in [5.41, 5.74) is 5.93. The van der Waals surface area contributed by atoms with Gasteiger partial charge in [0.1, 0.15) is 0 Å². The molecule has 2 aromatic carbocycles. The van der Waals surface area contributed by atoms with E-state index in [1.54, 1.807) is 6.08 Å². The van der Waals surface area contributed by atoms with Gasteiger partial charge in [-0.1, -0.05) is 30.3 Å². The molecule has 1 amide bonds. The highest BCUT2D eigenvalue weighted by molar-refractivity contribution is 5.93. The number of aryl methyl sites for hydroxylation is 2. The summed E-state index contributed by atoms with van der Waals surface area (Å²) in [5, 5.41) is 8.81. The van der Waals surface area contributed by atoms with E-state index in [4.69, 9.17) is 4.74 Å². The molecule has 2 heterocycles. The maximum absolute atomic E-state index is 12.6. The third-order valence-corrected chi connectivity index (χ3v) is 6.26. The smallest absolute Gasteiger partial charge is 0.244 e. The normalized spacial score (nSPS) is 21.2. The Labute approximate surface area is 176 Å². The Morgan fingerprint density at radius 3 is 3.03 bits per heavy atom. The van der Waals surface area contributed by atoms with Crippen LogP contribution in [0.3, 0.4) is 0 Å². The SMILES string of the molecule is Cc1cccc2c1C(NC(=O)/C=C/c1ccc3cnn(C4CCCCO4)c3c1)CC2. The standard InChI is InChI=1S/C25H27N3O2/c1-17-5-4-6-19-11-12-21(25(17)19)27-23(29)13-9-18-8-10-20-16-26-28(22(20)15-18)24-7-2-3-14-30-24/h4-6,8-10,13,15-16,21,24H,2-3,7,11-12,14H2,1H3,(H,27,29)/b13-9+. The van der Waals surface area contributed by atoms with Gasteiger partial charge in [0.05, 0.1) is 17.8 Å². The number of benzene rings is 2. The maximum atomic E-state index is 12.6. The molecule has 0 radical (unpaired) electrons.